The standard InChI is InChI=1S/C19H15N3O5/c23-18(12-27-17-10-4-6-13-5-1-2-9-16(13)17)20-21-19(24)14-7-3-8-15(11-14)22(25)26/h1-11H,12H2,(H,20,23)(H,21,24). The van der Waals surface area contributed by atoms with Crippen LogP contribution in [-0.4, -0.2) is 23.3 Å². The van der Waals surface area contributed by atoms with E-state index >= 15 is 0 Å². The fraction of sp³-hybridized carbons (Fsp3) is 0.0526. The van der Waals surface area contributed by atoms with Gasteiger partial charge in [-0.1, -0.05) is 42.5 Å². The van der Waals surface area contributed by atoms with E-state index in [1.54, 1.807) is 6.07 Å². The zero-order valence-corrected chi connectivity index (χ0v) is 14.0. The molecular formula is C19H15N3O5. The second-order valence-corrected chi connectivity index (χ2v) is 5.58. The van der Waals surface area contributed by atoms with Crippen molar-refractivity contribution in [2.45, 2.75) is 0 Å². The second kappa shape index (κ2) is 7.96. The summed E-state index contributed by atoms with van der Waals surface area (Å²) in [6.07, 6.45) is 0. The molecule has 136 valence electrons. The molecule has 3 aromatic carbocycles. The van der Waals surface area contributed by atoms with Gasteiger partial charge >= 0.3 is 0 Å². The lowest BCUT2D eigenvalue weighted by Gasteiger charge is -2.10. The van der Waals surface area contributed by atoms with Crippen LogP contribution in [0.3, 0.4) is 0 Å². The quantitative estimate of drug-likeness (QED) is 0.533. The molecule has 0 aliphatic rings. The molecule has 27 heavy (non-hydrogen) atoms. The van der Waals surface area contributed by atoms with Gasteiger partial charge in [-0.25, -0.2) is 0 Å². The summed E-state index contributed by atoms with van der Waals surface area (Å²) in [5.41, 5.74) is 4.25. The van der Waals surface area contributed by atoms with Gasteiger partial charge in [-0.05, 0) is 17.5 Å². The third kappa shape index (κ3) is 4.37. The number of nitrogens with one attached hydrogen (secondary N) is 2. The van der Waals surface area contributed by atoms with E-state index in [0.29, 0.717) is 5.75 Å². The molecule has 3 rings (SSSR count). The molecule has 0 radical (unpaired) electrons. The molecule has 0 bridgehead atoms. The largest absolute Gasteiger partial charge is 0.483 e. The van der Waals surface area contributed by atoms with Crippen LogP contribution in [0.2, 0.25) is 0 Å². The first-order chi connectivity index (χ1) is 13.0. The molecule has 0 aliphatic carbocycles. The number of benzene rings is 3. The molecule has 0 aromatic heterocycles. The number of fused-ring (bicyclic) bond motifs is 1. The Labute approximate surface area is 153 Å². The first-order valence-corrected chi connectivity index (χ1v) is 7.99. The van der Waals surface area contributed by atoms with Gasteiger partial charge in [-0.2, -0.15) is 0 Å². The number of nitro groups is 1. The number of nitrogens with zero attached hydrogens (tertiary/aromatic N) is 1. The van der Waals surface area contributed by atoms with Crippen LogP contribution in [-0.2, 0) is 4.79 Å². The smallest absolute Gasteiger partial charge is 0.276 e. The van der Waals surface area contributed by atoms with Crippen molar-refractivity contribution in [2.24, 2.45) is 0 Å². The van der Waals surface area contributed by atoms with Crippen LogP contribution >= 0.6 is 0 Å². The molecule has 8 heteroatoms. The Morgan fingerprint density at radius 3 is 2.52 bits per heavy atom. The number of nitro benzene ring substituents is 1. The third-order valence-corrected chi connectivity index (χ3v) is 3.74. The number of amides is 2. The highest BCUT2D eigenvalue weighted by Crippen LogP contribution is 2.24. The van der Waals surface area contributed by atoms with Crippen LogP contribution in [0.5, 0.6) is 5.75 Å². The summed E-state index contributed by atoms with van der Waals surface area (Å²) in [6.45, 7) is -0.302. The predicted octanol–water partition coefficient (Wildman–Crippen LogP) is 2.59. The maximum atomic E-state index is 12.0. The van der Waals surface area contributed by atoms with Gasteiger partial charge in [0.1, 0.15) is 5.75 Å². The van der Waals surface area contributed by atoms with Crippen LogP contribution in [0, 0.1) is 10.1 Å². The van der Waals surface area contributed by atoms with E-state index in [-0.39, 0.29) is 17.9 Å². The molecule has 0 atom stereocenters. The molecule has 2 amide bonds. The summed E-state index contributed by atoms with van der Waals surface area (Å²) in [5.74, 6) is -0.688. The number of hydrazine groups is 1. The molecular weight excluding hydrogens is 350 g/mol. The van der Waals surface area contributed by atoms with Crippen LogP contribution in [0.25, 0.3) is 10.8 Å². The monoisotopic (exact) mass is 365 g/mol. The van der Waals surface area contributed by atoms with E-state index in [0.717, 1.165) is 16.8 Å². The molecule has 0 unspecified atom stereocenters. The Kier molecular flexibility index (Phi) is 5.27. The predicted molar refractivity (Wildman–Crippen MR) is 98.1 cm³/mol. The molecule has 0 saturated carbocycles. The Morgan fingerprint density at radius 2 is 1.70 bits per heavy atom. The number of rotatable bonds is 5. The van der Waals surface area contributed by atoms with E-state index in [4.69, 9.17) is 4.74 Å². The van der Waals surface area contributed by atoms with Gasteiger partial charge in [0.15, 0.2) is 6.61 Å². The maximum absolute atomic E-state index is 12.0. The Bertz CT molecular complexity index is 1010. The van der Waals surface area contributed by atoms with Gasteiger partial charge in [-0.3, -0.25) is 30.6 Å². The number of non-ortho nitro benzene ring substituents is 1. The fourth-order valence-electron chi connectivity index (χ4n) is 2.46. The van der Waals surface area contributed by atoms with Crippen LogP contribution in [0.1, 0.15) is 10.4 Å². The average molecular weight is 365 g/mol. The van der Waals surface area contributed by atoms with Gasteiger partial charge in [0.05, 0.1) is 4.92 Å². The number of ether oxygens (including phenoxy) is 1. The molecule has 0 aliphatic heterocycles. The molecule has 0 saturated heterocycles. The first kappa shape index (κ1) is 17.9. The summed E-state index contributed by atoms with van der Waals surface area (Å²) < 4.78 is 5.52. The highest BCUT2D eigenvalue weighted by Gasteiger charge is 2.12. The Morgan fingerprint density at radius 1 is 0.963 bits per heavy atom. The second-order valence-electron chi connectivity index (χ2n) is 5.58. The van der Waals surface area contributed by atoms with E-state index in [1.165, 1.54) is 18.2 Å². The molecule has 0 heterocycles. The summed E-state index contributed by atoms with van der Waals surface area (Å²) in [6, 6.07) is 18.3. The van der Waals surface area contributed by atoms with Gasteiger partial charge in [0, 0.05) is 23.1 Å². The van der Waals surface area contributed by atoms with Crippen molar-refractivity contribution in [2.75, 3.05) is 6.61 Å². The molecule has 2 N–H and O–H groups in total. The van der Waals surface area contributed by atoms with Crippen molar-refractivity contribution in [3.8, 4) is 5.75 Å². The zero-order valence-electron chi connectivity index (χ0n) is 14.0. The maximum Gasteiger partial charge on any atom is 0.276 e. The lowest BCUT2D eigenvalue weighted by molar-refractivity contribution is -0.384. The molecule has 8 nitrogen and oxygen atoms in total. The lowest BCUT2D eigenvalue weighted by atomic mass is 10.1. The van der Waals surface area contributed by atoms with E-state index in [9.17, 15) is 19.7 Å². The summed E-state index contributed by atoms with van der Waals surface area (Å²) in [5, 5.41) is 12.6. The summed E-state index contributed by atoms with van der Waals surface area (Å²) in [4.78, 5) is 34.0. The SMILES string of the molecule is O=C(COc1cccc2ccccc12)NNC(=O)c1cccc([N+](=O)[O-])c1. The minimum atomic E-state index is -0.669. The lowest BCUT2D eigenvalue weighted by Crippen LogP contribution is -2.43. The third-order valence-electron chi connectivity index (χ3n) is 3.74. The number of hydrogen-bond acceptors (Lipinski definition) is 5. The number of hydrogen-bond donors (Lipinski definition) is 2. The molecule has 3 aromatic rings. The van der Waals surface area contributed by atoms with Crippen molar-refractivity contribution in [3.63, 3.8) is 0 Å². The highest BCUT2D eigenvalue weighted by atomic mass is 16.6. The van der Waals surface area contributed by atoms with Crippen molar-refractivity contribution >= 4 is 28.3 Å². The molecule has 0 fully saturated rings. The minimum absolute atomic E-state index is 0.0551. The van der Waals surface area contributed by atoms with Gasteiger partial charge < -0.3 is 4.74 Å². The van der Waals surface area contributed by atoms with Crippen LogP contribution < -0.4 is 15.6 Å². The summed E-state index contributed by atoms with van der Waals surface area (Å²) >= 11 is 0. The van der Waals surface area contributed by atoms with Gasteiger partial charge in [0.25, 0.3) is 17.5 Å². The topological polar surface area (TPSA) is 111 Å². The van der Waals surface area contributed by atoms with Crippen LogP contribution in [0.15, 0.2) is 66.7 Å². The van der Waals surface area contributed by atoms with Gasteiger partial charge in [0.2, 0.25) is 0 Å². The zero-order chi connectivity index (χ0) is 19.2. The van der Waals surface area contributed by atoms with Crippen molar-refractivity contribution in [3.05, 3.63) is 82.4 Å². The van der Waals surface area contributed by atoms with Crippen molar-refractivity contribution in [1.82, 2.24) is 10.9 Å². The van der Waals surface area contributed by atoms with Crippen molar-refractivity contribution in [1.29, 1.82) is 0 Å². The number of carbonyl (C=O) groups is 2. The van der Waals surface area contributed by atoms with Crippen molar-refractivity contribution < 1.29 is 19.2 Å². The number of carbonyl (C=O) groups excluding carboxylic acids is 2. The minimum Gasteiger partial charge on any atom is -0.483 e. The van der Waals surface area contributed by atoms with E-state index in [2.05, 4.69) is 10.9 Å². The average Bonchev–Trinajstić information content (AvgIpc) is 2.70. The normalized spacial score (nSPS) is 10.2. The molecule has 0 spiro atoms. The highest BCUT2D eigenvalue weighted by molar-refractivity contribution is 5.96. The summed E-state index contributed by atoms with van der Waals surface area (Å²) in [7, 11) is 0. The fourth-order valence-corrected chi connectivity index (χ4v) is 2.46. The van der Waals surface area contributed by atoms with E-state index in [1.807, 2.05) is 36.4 Å². The first-order valence-electron chi connectivity index (χ1n) is 7.99. The van der Waals surface area contributed by atoms with Gasteiger partial charge in [-0.15, -0.1) is 0 Å². The Hall–Kier alpha value is -3.94. The Balaban J connectivity index is 1.56. The van der Waals surface area contributed by atoms with Crippen LogP contribution in [0.4, 0.5) is 5.69 Å². The van der Waals surface area contributed by atoms with E-state index < -0.39 is 16.7 Å².